The van der Waals surface area contributed by atoms with Crippen LogP contribution in [0.5, 0.6) is 0 Å². The summed E-state index contributed by atoms with van der Waals surface area (Å²) in [7, 11) is 0. The maximum absolute atomic E-state index is 5.86. The van der Waals surface area contributed by atoms with Gasteiger partial charge in [-0.15, -0.1) is 0 Å². The van der Waals surface area contributed by atoms with Gasteiger partial charge in [0, 0.05) is 3.58 Å². The van der Waals surface area contributed by atoms with Crippen LogP contribution in [-0.4, -0.2) is 9.97 Å². The lowest BCUT2D eigenvalue weighted by molar-refractivity contribution is 0.838. The number of nitrogens with zero attached hydrogens (tertiary/aromatic N) is 2. The van der Waals surface area contributed by atoms with Crippen LogP contribution in [-0.2, 0) is 6.42 Å². The maximum atomic E-state index is 5.86. The van der Waals surface area contributed by atoms with Gasteiger partial charge in [0.25, 0.3) is 0 Å². The smallest absolute Gasteiger partial charge is 0.135 e. The van der Waals surface area contributed by atoms with Crippen LogP contribution >= 0.6 is 22.6 Å². The highest BCUT2D eigenvalue weighted by atomic mass is 127. The molecular formula is C10H12IN3. The lowest BCUT2D eigenvalue weighted by atomic mass is 9.95. The van der Waals surface area contributed by atoms with Crippen LogP contribution in [0.25, 0.3) is 3.58 Å². The molecule has 74 valence electrons. The van der Waals surface area contributed by atoms with Gasteiger partial charge in [-0.25, -0.2) is 9.97 Å². The van der Waals surface area contributed by atoms with Gasteiger partial charge in [-0.1, -0.05) is 12.5 Å². The molecule has 0 spiro atoms. The van der Waals surface area contributed by atoms with Crippen molar-refractivity contribution in [2.75, 3.05) is 5.73 Å². The van der Waals surface area contributed by atoms with Crippen molar-refractivity contribution in [2.24, 2.45) is 0 Å². The number of aryl methyl sites for hydroxylation is 1. The van der Waals surface area contributed by atoms with Gasteiger partial charge in [0.15, 0.2) is 0 Å². The van der Waals surface area contributed by atoms with Crippen LogP contribution in [0.2, 0.25) is 0 Å². The molecule has 2 N–H and O–H groups in total. The Bertz CT molecular complexity index is 398. The molecular weight excluding hydrogens is 289 g/mol. The lowest BCUT2D eigenvalue weighted by Crippen LogP contribution is -2.08. The quantitative estimate of drug-likeness (QED) is 0.811. The average Bonchev–Trinajstić information content (AvgIpc) is 2.18. The largest absolute Gasteiger partial charge is 0.383 e. The summed E-state index contributed by atoms with van der Waals surface area (Å²) in [6.45, 7) is 2.18. The third kappa shape index (κ3) is 1.51. The zero-order valence-corrected chi connectivity index (χ0v) is 10.2. The van der Waals surface area contributed by atoms with E-state index in [-0.39, 0.29) is 0 Å². The zero-order chi connectivity index (χ0) is 10.1. The molecule has 1 aliphatic rings. The van der Waals surface area contributed by atoms with E-state index < -0.39 is 0 Å². The number of allylic oxidation sites excluding steroid dienone is 1. The predicted octanol–water partition coefficient (Wildman–Crippen LogP) is 2.56. The van der Waals surface area contributed by atoms with E-state index in [0.717, 1.165) is 30.5 Å². The summed E-state index contributed by atoms with van der Waals surface area (Å²) in [5.41, 5.74) is 9.49. The first-order valence-electron chi connectivity index (χ1n) is 4.71. The first-order valence-corrected chi connectivity index (χ1v) is 5.79. The van der Waals surface area contributed by atoms with Crippen molar-refractivity contribution in [3.63, 3.8) is 0 Å². The highest BCUT2D eigenvalue weighted by Gasteiger charge is 2.19. The van der Waals surface area contributed by atoms with Gasteiger partial charge in [0.05, 0.1) is 11.3 Å². The Morgan fingerprint density at radius 1 is 1.43 bits per heavy atom. The molecule has 1 heterocycles. The Balaban J connectivity index is 2.60. The van der Waals surface area contributed by atoms with Crippen molar-refractivity contribution < 1.29 is 0 Å². The van der Waals surface area contributed by atoms with E-state index in [4.69, 9.17) is 5.73 Å². The minimum absolute atomic E-state index is 0.616. The summed E-state index contributed by atoms with van der Waals surface area (Å²) in [5, 5.41) is 0. The fourth-order valence-corrected chi connectivity index (χ4v) is 2.99. The normalized spacial score (nSPS) is 15.6. The SMILES string of the molecule is CCC1=C(I)c2c(N)ncnc2CC1. The molecule has 0 unspecified atom stereocenters. The molecule has 0 radical (unpaired) electrons. The number of nitrogens with two attached hydrogens (primary N) is 1. The molecule has 14 heavy (non-hydrogen) atoms. The Kier molecular flexibility index (Phi) is 2.71. The number of hydrogen-bond donors (Lipinski definition) is 1. The van der Waals surface area contributed by atoms with Gasteiger partial charge in [-0.3, -0.25) is 0 Å². The number of aromatic nitrogens is 2. The van der Waals surface area contributed by atoms with E-state index in [1.165, 1.54) is 9.15 Å². The van der Waals surface area contributed by atoms with Crippen molar-refractivity contribution in [2.45, 2.75) is 26.2 Å². The third-order valence-electron chi connectivity index (χ3n) is 2.58. The molecule has 0 bridgehead atoms. The minimum Gasteiger partial charge on any atom is -0.383 e. The Labute approximate surface area is 97.0 Å². The van der Waals surface area contributed by atoms with E-state index in [1.54, 1.807) is 6.33 Å². The number of nitrogen functional groups attached to an aromatic ring is 1. The first kappa shape index (κ1) is 9.89. The van der Waals surface area contributed by atoms with Crippen LogP contribution in [0.4, 0.5) is 5.82 Å². The summed E-state index contributed by atoms with van der Waals surface area (Å²) >= 11 is 2.36. The molecule has 4 heteroatoms. The van der Waals surface area contributed by atoms with E-state index in [9.17, 15) is 0 Å². The summed E-state index contributed by atoms with van der Waals surface area (Å²) < 4.78 is 1.25. The number of hydrogen-bond acceptors (Lipinski definition) is 3. The van der Waals surface area contributed by atoms with Crippen molar-refractivity contribution in [1.82, 2.24) is 9.97 Å². The average molecular weight is 301 g/mol. The molecule has 3 nitrogen and oxygen atoms in total. The summed E-state index contributed by atoms with van der Waals surface area (Å²) in [6, 6.07) is 0. The van der Waals surface area contributed by atoms with Crippen LogP contribution in [0, 0.1) is 0 Å². The molecule has 0 saturated carbocycles. The molecule has 0 atom stereocenters. The topological polar surface area (TPSA) is 51.8 Å². The Hall–Kier alpha value is -0.650. The fraction of sp³-hybridized carbons (Fsp3) is 0.400. The van der Waals surface area contributed by atoms with Crippen LogP contribution in [0.1, 0.15) is 31.0 Å². The zero-order valence-electron chi connectivity index (χ0n) is 8.05. The van der Waals surface area contributed by atoms with Gasteiger partial charge in [-0.05, 0) is 41.9 Å². The van der Waals surface area contributed by atoms with E-state index >= 15 is 0 Å². The molecule has 1 aromatic heterocycles. The number of anilines is 1. The number of fused-ring (bicyclic) bond motifs is 1. The van der Waals surface area contributed by atoms with Crippen molar-refractivity contribution in [3.8, 4) is 0 Å². The molecule has 0 saturated heterocycles. The predicted molar refractivity (Wildman–Crippen MR) is 66.0 cm³/mol. The second kappa shape index (κ2) is 3.84. The molecule has 1 aromatic rings. The third-order valence-corrected chi connectivity index (χ3v) is 3.88. The van der Waals surface area contributed by atoms with Gasteiger partial charge in [0.1, 0.15) is 12.1 Å². The maximum Gasteiger partial charge on any atom is 0.135 e. The standard InChI is InChI=1S/C10H12IN3/c1-2-6-3-4-7-8(9(6)11)10(12)14-5-13-7/h5H,2-4H2,1H3,(H2,12,13,14). The van der Waals surface area contributed by atoms with Crippen molar-refractivity contribution in [1.29, 1.82) is 0 Å². The van der Waals surface area contributed by atoms with Crippen molar-refractivity contribution >= 4 is 32.0 Å². The molecule has 0 fully saturated rings. The van der Waals surface area contributed by atoms with Gasteiger partial charge >= 0.3 is 0 Å². The number of rotatable bonds is 1. The van der Waals surface area contributed by atoms with E-state index in [1.807, 2.05) is 0 Å². The summed E-state index contributed by atoms with van der Waals surface area (Å²) in [6.07, 6.45) is 4.75. The Morgan fingerprint density at radius 2 is 2.21 bits per heavy atom. The number of halogens is 1. The van der Waals surface area contributed by atoms with E-state index in [2.05, 4.69) is 39.5 Å². The van der Waals surface area contributed by atoms with E-state index in [0.29, 0.717) is 5.82 Å². The minimum atomic E-state index is 0.616. The van der Waals surface area contributed by atoms with Gasteiger partial charge in [-0.2, -0.15) is 0 Å². The summed E-state index contributed by atoms with van der Waals surface area (Å²) in [5.74, 6) is 0.616. The molecule has 2 rings (SSSR count). The first-order chi connectivity index (χ1) is 6.74. The molecule has 0 aromatic carbocycles. The second-order valence-corrected chi connectivity index (χ2v) is 4.43. The molecule has 1 aliphatic carbocycles. The lowest BCUT2D eigenvalue weighted by Gasteiger charge is -2.19. The van der Waals surface area contributed by atoms with Crippen LogP contribution in [0.3, 0.4) is 0 Å². The van der Waals surface area contributed by atoms with Crippen LogP contribution < -0.4 is 5.73 Å². The fourth-order valence-electron chi connectivity index (χ4n) is 1.75. The molecule has 0 aliphatic heterocycles. The monoisotopic (exact) mass is 301 g/mol. The Morgan fingerprint density at radius 3 is 2.93 bits per heavy atom. The highest BCUT2D eigenvalue weighted by molar-refractivity contribution is 14.1. The van der Waals surface area contributed by atoms with Crippen LogP contribution in [0.15, 0.2) is 11.9 Å². The van der Waals surface area contributed by atoms with Gasteiger partial charge < -0.3 is 5.73 Å². The van der Waals surface area contributed by atoms with Gasteiger partial charge in [0.2, 0.25) is 0 Å². The highest BCUT2D eigenvalue weighted by Crippen LogP contribution is 2.38. The molecule has 0 amide bonds. The van der Waals surface area contributed by atoms with Crippen molar-refractivity contribution in [3.05, 3.63) is 23.2 Å². The second-order valence-electron chi connectivity index (χ2n) is 3.35. The summed E-state index contributed by atoms with van der Waals surface area (Å²) in [4.78, 5) is 8.31.